The highest BCUT2D eigenvalue weighted by Gasteiger charge is 2.37. The second kappa shape index (κ2) is 8.36. The van der Waals surface area contributed by atoms with Crippen LogP contribution in [0.15, 0.2) is 42.0 Å². The van der Waals surface area contributed by atoms with Crippen LogP contribution in [-0.2, 0) is 18.8 Å². The van der Waals surface area contributed by atoms with Crippen LogP contribution in [0, 0.1) is 5.92 Å². The zero-order chi connectivity index (χ0) is 22.2. The summed E-state index contributed by atoms with van der Waals surface area (Å²) >= 11 is 0. The highest BCUT2D eigenvalue weighted by molar-refractivity contribution is 5.81. The highest BCUT2D eigenvalue weighted by Crippen LogP contribution is 2.42. The molecule has 0 atom stereocenters. The first-order valence-electron chi connectivity index (χ1n) is 10.7. The molecule has 0 N–H and O–H groups in total. The number of alkyl halides is 6. The van der Waals surface area contributed by atoms with Gasteiger partial charge in [0.05, 0.1) is 11.1 Å². The molecule has 0 unspecified atom stereocenters. The molecule has 0 saturated heterocycles. The van der Waals surface area contributed by atoms with Crippen molar-refractivity contribution in [2.24, 2.45) is 5.92 Å². The first kappa shape index (κ1) is 22.0. The number of halogens is 6. The van der Waals surface area contributed by atoms with E-state index in [-0.39, 0.29) is 11.6 Å². The molecule has 2 aliphatic carbocycles. The van der Waals surface area contributed by atoms with Crippen LogP contribution in [0.25, 0.3) is 17.2 Å². The van der Waals surface area contributed by atoms with Crippen molar-refractivity contribution in [2.75, 3.05) is 0 Å². The fourth-order valence-corrected chi connectivity index (χ4v) is 4.87. The standard InChI is InChI=1S/C25H24F6/c26-24(27,28)20-13-19(14-21(15-20)25(29,30)31)22-9-5-8-18-11-17(12-23(18)22)10-16-6-3-1-2-4-7-16/h5,8-9,12-16H,1-4,6-7,10-11H2. The molecule has 0 nitrogen and oxygen atoms in total. The smallest absolute Gasteiger partial charge is 0.166 e. The predicted molar refractivity (Wildman–Crippen MR) is 109 cm³/mol. The van der Waals surface area contributed by atoms with Crippen molar-refractivity contribution in [3.05, 3.63) is 64.2 Å². The molecule has 0 heterocycles. The minimum Gasteiger partial charge on any atom is -0.166 e. The van der Waals surface area contributed by atoms with Gasteiger partial charge in [0.2, 0.25) is 0 Å². The molecule has 0 aliphatic heterocycles. The highest BCUT2D eigenvalue weighted by atomic mass is 19.4. The minimum absolute atomic E-state index is 0.0500. The first-order valence-corrected chi connectivity index (χ1v) is 10.7. The SMILES string of the molecule is FC(F)(F)c1cc(-c2cccc3c2C=C(CC2CCCCCC2)C3)cc(C(F)(F)F)c1. The number of benzene rings is 2. The molecule has 2 aromatic rings. The van der Waals surface area contributed by atoms with Gasteiger partial charge in [-0.05, 0) is 59.2 Å². The Bertz CT molecular complexity index is 940. The molecule has 31 heavy (non-hydrogen) atoms. The minimum atomic E-state index is -4.85. The number of fused-ring (bicyclic) bond motifs is 1. The molecule has 166 valence electrons. The van der Waals surface area contributed by atoms with E-state index >= 15 is 0 Å². The van der Waals surface area contributed by atoms with E-state index in [4.69, 9.17) is 0 Å². The van der Waals surface area contributed by atoms with Crippen LogP contribution in [0.5, 0.6) is 0 Å². The molecular formula is C25H24F6. The number of hydrogen-bond acceptors (Lipinski definition) is 0. The summed E-state index contributed by atoms with van der Waals surface area (Å²) in [6.07, 6.45) is 1.28. The van der Waals surface area contributed by atoms with Crippen LogP contribution < -0.4 is 0 Å². The molecule has 1 saturated carbocycles. The van der Waals surface area contributed by atoms with E-state index in [9.17, 15) is 26.3 Å². The third-order valence-electron chi connectivity index (χ3n) is 6.39. The van der Waals surface area contributed by atoms with E-state index in [1.807, 2.05) is 12.1 Å². The van der Waals surface area contributed by atoms with Crippen LogP contribution in [-0.4, -0.2) is 0 Å². The molecule has 6 heteroatoms. The van der Waals surface area contributed by atoms with Gasteiger partial charge in [-0.25, -0.2) is 0 Å². The van der Waals surface area contributed by atoms with E-state index in [2.05, 4.69) is 0 Å². The predicted octanol–water partition coefficient (Wildman–Crippen LogP) is 8.69. The average Bonchev–Trinajstić information content (AvgIpc) is 2.93. The topological polar surface area (TPSA) is 0 Å². The Hall–Kier alpha value is -2.24. The van der Waals surface area contributed by atoms with Crippen molar-refractivity contribution >= 4 is 6.08 Å². The Balaban J connectivity index is 1.71. The molecule has 1 fully saturated rings. The average molecular weight is 438 g/mol. The van der Waals surface area contributed by atoms with Crippen molar-refractivity contribution in [1.82, 2.24) is 0 Å². The number of hydrogen-bond donors (Lipinski definition) is 0. The zero-order valence-electron chi connectivity index (χ0n) is 17.0. The molecule has 0 amide bonds. The number of rotatable bonds is 3. The summed E-state index contributed by atoms with van der Waals surface area (Å²) in [4.78, 5) is 0. The summed E-state index contributed by atoms with van der Waals surface area (Å²) in [5.74, 6) is 0.608. The van der Waals surface area contributed by atoms with Crippen LogP contribution >= 0.6 is 0 Å². The molecule has 2 aliphatic rings. The van der Waals surface area contributed by atoms with Crippen molar-refractivity contribution in [2.45, 2.75) is 63.7 Å². The monoisotopic (exact) mass is 438 g/mol. The van der Waals surface area contributed by atoms with Crippen molar-refractivity contribution in [3.8, 4) is 11.1 Å². The largest absolute Gasteiger partial charge is 0.416 e. The Morgan fingerprint density at radius 2 is 1.39 bits per heavy atom. The van der Waals surface area contributed by atoms with E-state index in [1.54, 1.807) is 12.1 Å². The molecule has 4 rings (SSSR count). The molecular weight excluding hydrogens is 414 g/mol. The van der Waals surface area contributed by atoms with Crippen LogP contribution in [0.4, 0.5) is 26.3 Å². The van der Waals surface area contributed by atoms with Crippen LogP contribution in [0.3, 0.4) is 0 Å². The van der Waals surface area contributed by atoms with Crippen molar-refractivity contribution in [3.63, 3.8) is 0 Å². The van der Waals surface area contributed by atoms with Gasteiger partial charge in [0, 0.05) is 0 Å². The molecule has 0 radical (unpaired) electrons. The molecule has 0 spiro atoms. The maximum atomic E-state index is 13.3. The summed E-state index contributed by atoms with van der Waals surface area (Å²) in [7, 11) is 0. The summed E-state index contributed by atoms with van der Waals surface area (Å²) in [6.45, 7) is 0. The first-order chi connectivity index (χ1) is 14.6. The summed E-state index contributed by atoms with van der Waals surface area (Å²) < 4.78 is 79.8. The Kier molecular flexibility index (Phi) is 5.93. The quantitative estimate of drug-likeness (QED) is 0.332. The zero-order valence-corrected chi connectivity index (χ0v) is 17.0. The third-order valence-corrected chi connectivity index (χ3v) is 6.39. The Morgan fingerprint density at radius 3 is 1.97 bits per heavy atom. The summed E-state index contributed by atoms with van der Waals surface area (Å²) in [5.41, 5.74) is 0.741. The van der Waals surface area contributed by atoms with Gasteiger partial charge < -0.3 is 0 Å². The van der Waals surface area contributed by atoms with Gasteiger partial charge in [-0.15, -0.1) is 0 Å². The van der Waals surface area contributed by atoms with Crippen LogP contribution in [0.2, 0.25) is 0 Å². The van der Waals surface area contributed by atoms with Gasteiger partial charge in [-0.3, -0.25) is 0 Å². The number of allylic oxidation sites excluding steroid dienone is 1. The van der Waals surface area contributed by atoms with Gasteiger partial charge in [0.1, 0.15) is 0 Å². The normalized spacial score (nSPS) is 17.9. The fourth-order valence-electron chi connectivity index (χ4n) is 4.87. The summed E-state index contributed by atoms with van der Waals surface area (Å²) in [5, 5.41) is 0. The van der Waals surface area contributed by atoms with Gasteiger partial charge in [-0.1, -0.05) is 68.4 Å². The van der Waals surface area contributed by atoms with Crippen molar-refractivity contribution < 1.29 is 26.3 Å². The second-order valence-electron chi connectivity index (χ2n) is 8.71. The van der Waals surface area contributed by atoms with E-state index in [0.717, 1.165) is 29.7 Å². The lowest BCUT2D eigenvalue weighted by Crippen LogP contribution is -2.11. The maximum Gasteiger partial charge on any atom is 0.416 e. The van der Waals surface area contributed by atoms with Gasteiger partial charge in [0.25, 0.3) is 0 Å². The Labute approximate surface area is 178 Å². The molecule has 0 aromatic heterocycles. The lowest BCUT2D eigenvalue weighted by Gasteiger charge is -2.15. The fraction of sp³-hybridized carbons (Fsp3) is 0.440. The molecule has 0 bridgehead atoms. The maximum absolute atomic E-state index is 13.3. The van der Waals surface area contributed by atoms with Crippen molar-refractivity contribution in [1.29, 1.82) is 0 Å². The van der Waals surface area contributed by atoms with Gasteiger partial charge >= 0.3 is 12.4 Å². The molecule has 2 aromatic carbocycles. The lowest BCUT2D eigenvalue weighted by atomic mass is 9.92. The van der Waals surface area contributed by atoms with E-state index < -0.39 is 23.5 Å². The van der Waals surface area contributed by atoms with E-state index in [0.29, 0.717) is 17.9 Å². The third kappa shape index (κ3) is 4.99. The van der Waals surface area contributed by atoms with Gasteiger partial charge in [-0.2, -0.15) is 26.3 Å². The summed E-state index contributed by atoms with van der Waals surface area (Å²) in [6, 6.07) is 7.06. The Morgan fingerprint density at radius 1 is 0.774 bits per heavy atom. The van der Waals surface area contributed by atoms with Crippen LogP contribution in [0.1, 0.15) is 67.2 Å². The van der Waals surface area contributed by atoms with Gasteiger partial charge in [0.15, 0.2) is 0 Å². The lowest BCUT2D eigenvalue weighted by molar-refractivity contribution is -0.143. The second-order valence-corrected chi connectivity index (χ2v) is 8.71. The van der Waals surface area contributed by atoms with E-state index in [1.165, 1.54) is 44.1 Å².